The lowest BCUT2D eigenvalue weighted by atomic mass is 10.1. The maximum absolute atomic E-state index is 12.3. The zero-order valence-corrected chi connectivity index (χ0v) is 17.1. The lowest BCUT2D eigenvalue weighted by Crippen LogP contribution is -2.36. The van der Waals surface area contributed by atoms with Gasteiger partial charge in [0.15, 0.2) is 5.75 Å². The molecular formula is C20H18F3N7O3. The average Bonchev–Trinajstić information content (AvgIpc) is 3.20. The molecule has 172 valence electrons. The molecular weight excluding hydrogens is 443 g/mol. The third-order valence-corrected chi connectivity index (χ3v) is 5.24. The van der Waals surface area contributed by atoms with Gasteiger partial charge in [0.1, 0.15) is 5.52 Å². The van der Waals surface area contributed by atoms with E-state index in [2.05, 4.69) is 30.0 Å². The van der Waals surface area contributed by atoms with E-state index in [9.17, 15) is 18.0 Å². The van der Waals surface area contributed by atoms with E-state index in [1.807, 2.05) is 0 Å². The molecule has 1 aliphatic heterocycles. The number of fused-ring (bicyclic) bond motifs is 2. The van der Waals surface area contributed by atoms with Crippen LogP contribution in [-0.2, 0) is 13.0 Å². The molecule has 10 nitrogen and oxygen atoms in total. The number of alkyl halides is 3. The van der Waals surface area contributed by atoms with Gasteiger partial charge < -0.3 is 19.0 Å². The van der Waals surface area contributed by atoms with E-state index >= 15 is 0 Å². The summed E-state index contributed by atoms with van der Waals surface area (Å²) in [4.78, 5) is 21.3. The quantitative estimate of drug-likeness (QED) is 0.499. The Morgan fingerprint density at radius 2 is 2.09 bits per heavy atom. The molecule has 1 fully saturated rings. The average molecular weight is 461 g/mol. The Morgan fingerprint density at radius 1 is 1.24 bits per heavy atom. The second kappa shape index (κ2) is 8.22. The molecule has 1 amide bonds. The van der Waals surface area contributed by atoms with Crippen LogP contribution in [0.3, 0.4) is 0 Å². The van der Waals surface area contributed by atoms with Gasteiger partial charge in [0.2, 0.25) is 5.89 Å². The molecule has 0 bridgehead atoms. The molecule has 0 saturated heterocycles. The number of nitrogens with one attached hydrogen (secondary N) is 1. The van der Waals surface area contributed by atoms with Gasteiger partial charge in [0.25, 0.3) is 0 Å². The van der Waals surface area contributed by atoms with Gasteiger partial charge in [-0.25, -0.2) is 9.50 Å². The highest BCUT2D eigenvalue weighted by molar-refractivity contribution is 5.89. The summed E-state index contributed by atoms with van der Waals surface area (Å²) in [5.74, 6) is 0.624. The van der Waals surface area contributed by atoms with Crippen molar-refractivity contribution < 1.29 is 27.1 Å². The molecule has 0 radical (unpaired) electrons. The molecule has 0 unspecified atom stereocenters. The second-order valence-electron chi connectivity index (χ2n) is 7.61. The number of pyridine rings is 1. The maximum atomic E-state index is 12.3. The Hall–Kier alpha value is -3.90. The third kappa shape index (κ3) is 4.66. The van der Waals surface area contributed by atoms with Crippen molar-refractivity contribution in [1.82, 2.24) is 34.7 Å². The molecule has 5 heterocycles. The lowest BCUT2D eigenvalue weighted by molar-refractivity contribution is -0.274. The van der Waals surface area contributed by atoms with Crippen LogP contribution < -0.4 is 4.74 Å². The van der Waals surface area contributed by atoms with Crippen molar-refractivity contribution in [1.29, 1.82) is 0 Å². The minimum absolute atomic E-state index is 0.102. The predicted molar refractivity (Wildman–Crippen MR) is 105 cm³/mol. The van der Waals surface area contributed by atoms with E-state index < -0.39 is 6.36 Å². The summed E-state index contributed by atoms with van der Waals surface area (Å²) in [6, 6.07) is 4.12. The minimum Gasteiger partial charge on any atom is -0.417 e. The van der Waals surface area contributed by atoms with Crippen molar-refractivity contribution in [3.63, 3.8) is 0 Å². The summed E-state index contributed by atoms with van der Waals surface area (Å²) < 4.78 is 46.3. The van der Waals surface area contributed by atoms with E-state index in [4.69, 9.17) is 4.42 Å². The summed E-state index contributed by atoms with van der Waals surface area (Å²) in [5, 5.41) is 11.6. The fraction of sp³-hybridized carbons (Fsp3) is 0.350. The topological polar surface area (TPSA) is 114 Å². The molecule has 6 rings (SSSR count). The highest BCUT2D eigenvalue weighted by atomic mass is 19.4. The molecule has 4 aromatic rings. The van der Waals surface area contributed by atoms with Crippen LogP contribution in [0.4, 0.5) is 13.2 Å². The van der Waals surface area contributed by atoms with Gasteiger partial charge in [0.05, 0.1) is 30.5 Å². The van der Waals surface area contributed by atoms with Crippen LogP contribution >= 0.6 is 0 Å². The first-order chi connectivity index (χ1) is 15.9. The van der Waals surface area contributed by atoms with Crippen LogP contribution in [0.1, 0.15) is 46.7 Å². The van der Waals surface area contributed by atoms with Crippen LogP contribution in [0.2, 0.25) is 0 Å². The normalized spacial score (nSPS) is 15.7. The van der Waals surface area contributed by atoms with Gasteiger partial charge in [-0.15, -0.1) is 23.4 Å². The molecule has 0 atom stereocenters. The first kappa shape index (κ1) is 21.0. The molecule has 1 saturated carbocycles. The van der Waals surface area contributed by atoms with E-state index in [-0.39, 0.29) is 23.1 Å². The van der Waals surface area contributed by atoms with Crippen molar-refractivity contribution in [2.24, 2.45) is 0 Å². The smallest absolute Gasteiger partial charge is 0.417 e. The molecule has 1 N–H and O–H groups in total. The molecule has 0 aromatic carbocycles. The Labute approximate surface area is 184 Å². The molecule has 33 heavy (non-hydrogen) atoms. The molecule has 1 aliphatic carbocycles. The maximum Gasteiger partial charge on any atom is 0.573 e. The SMILES string of the molecule is FC(F)(F)Oc1cccn2nccc12.O=C(c1nnc(C2CC2)o1)N1CCc2nc[nH]c2C1. The van der Waals surface area contributed by atoms with E-state index in [1.54, 1.807) is 17.4 Å². The number of aromatic amines is 1. The van der Waals surface area contributed by atoms with E-state index in [0.29, 0.717) is 24.9 Å². The van der Waals surface area contributed by atoms with Crippen molar-refractivity contribution in [3.8, 4) is 5.75 Å². The van der Waals surface area contributed by atoms with Gasteiger partial charge in [-0.2, -0.15) is 5.10 Å². The van der Waals surface area contributed by atoms with Gasteiger partial charge in [0, 0.05) is 25.1 Å². The van der Waals surface area contributed by atoms with Crippen LogP contribution in [-0.4, -0.2) is 53.5 Å². The fourth-order valence-corrected chi connectivity index (χ4v) is 3.47. The number of imidazole rings is 1. The zero-order chi connectivity index (χ0) is 23.0. The van der Waals surface area contributed by atoms with E-state index in [0.717, 1.165) is 30.7 Å². The van der Waals surface area contributed by atoms with Crippen LogP contribution in [0.15, 0.2) is 41.3 Å². The number of halogens is 3. The second-order valence-corrected chi connectivity index (χ2v) is 7.61. The van der Waals surface area contributed by atoms with Crippen molar-refractivity contribution in [2.45, 2.75) is 38.1 Å². The molecule has 4 aromatic heterocycles. The Kier molecular flexibility index (Phi) is 5.23. The summed E-state index contributed by atoms with van der Waals surface area (Å²) in [6.07, 6.45) is 2.85. The first-order valence-electron chi connectivity index (χ1n) is 10.2. The Morgan fingerprint density at radius 3 is 2.88 bits per heavy atom. The number of aromatic nitrogens is 6. The van der Waals surface area contributed by atoms with Gasteiger partial charge >= 0.3 is 18.2 Å². The van der Waals surface area contributed by atoms with Gasteiger partial charge in [-0.1, -0.05) is 0 Å². The van der Waals surface area contributed by atoms with Crippen molar-refractivity contribution in [3.05, 3.63) is 60.1 Å². The summed E-state index contributed by atoms with van der Waals surface area (Å²) >= 11 is 0. The minimum atomic E-state index is -4.67. The number of rotatable bonds is 3. The standard InChI is InChI=1S/C12H13N5O2.C8H5F3N2O/c18-12(11-16-15-10(19-11)7-1-2-7)17-4-3-8-9(5-17)14-6-13-8;9-8(10,11)14-7-2-1-5-13-6(7)3-4-12-13/h6-7H,1-5H2,(H,13,14);1-5H. The molecule has 0 spiro atoms. The van der Waals surface area contributed by atoms with E-state index in [1.165, 1.54) is 28.9 Å². The Bertz CT molecular complexity index is 1280. The van der Waals surface area contributed by atoms with Crippen molar-refractivity contribution in [2.75, 3.05) is 6.54 Å². The van der Waals surface area contributed by atoms with Crippen molar-refractivity contribution >= 4 is 11.4 Å². The fourth-order valence-electron chi connectivity index (χ4n) is 3.47. The number of nitrogens with zero attached hydrogens (tertiary/aromatic N) is 6. The molecule has 2 aliphatic rings. The number of H-pyrrole nitrogens is 1. The number of carbonyl (C=O) groups excluding carboxylic acids is 1. The number of carbonyl (C=O) groups is 1. The van der Waals surface area contributed by atoms with Gasteiger partial charge in [-0.3, -0.25) is 4.79 Å². The van der Waals surface area contributed by atoms with Crippen LogP contribution in [0, 0.1) is 0 Å². The number of ether oxygens (including phenoxy) is 1. The predicted octanol–water partition coefficient (Wildman–Crippen LogP) is 3.10. The largest absolute Gasteiger partial charge is 0.573 e. The highest BCUT2D eigenvalue weighted by Crippen LogP contribution is 2.39. The summed E-state index contributed by atoms with van der Waals surface area (Å²) in [6.45, 7) is 1.16. The van der Waals surface area contributed by atoms with Crippen LogP contribution in [0.25, 0.3) is 5.52 Å². The summed E-state index contributed by atoms with van der Waals surface area (Å²) in [7, 11) is 0. The number of hydrogen-bond donors (Lipinski definition) is 1. The first-order valence-corrected chi connectivity index (χ1v) is 10.2. The summed E-state index contributed by atoms with van der Waals surface area (Å²) in [5.41, 5.74) is 2.31. The number of hydrogen-bond acceptors (Lipinski definition) is 7. The highest BCUT2D eigenvalue weighted by Gasteiger charge is 2.33. The van der Waals surface area contributed by atoms with Crippen LogP contribution in [0.5, 0.6) is 5.75 Å². The Balaban J connectivity index is 0.000000146. The monoisotopic (exact) mass is 461 g/mol. The lowest BCUT2D eigenvalue weighted by Gasteiger charge is -2.24. The third-order valence-electron chi connectivity index (χ3n) is 5.24. The zero-order valence-electron chi connectivity index (χ0n) is 17.1. The van der Waals surface area contributed by atoms with Gasteiger partial charge in [-0.05, 0) is 31.0 Å². The molecule has 13 heteroatoms. The number of amides is 1.